The molecule has 100 valence electrons. The maximum Gasteiger partial charge on any atom is 0.0195 e. The van der Waals surface area contributed by atoms with E-state index >= 15 is 0 Å². The van der Waals surface area contributed by atoms with E-state index in [0.29, 0.717) is 0 Å². The molecule has 1 atom stereocenters. The van der Waals surface area contributed by atoms with Gasteiger partial charge in [0.2, 0.25) is 0 Å². The Kier molecular flexibility index (Phi) is 5.79. The van der Waals surface area contributed by atoms with Crippen LogP contribution in [0.1, 0.15) is 58.3 Å². The predicted octanol–water partition coefficient (Wildman–Crippen LogP) is 3.03. The normalized spacial score (nSPS) is 28.4. The predicted molar refractivity (Wildman–Crippen MR) is 74.3 cm³/mol. The van der Waals surface area contributed by atoms with Crippen molar-refractivity contribution < 1.29 is 0 Å². The highest BCUT2D eigenvalue weighted by Gasteiger charge is 2.18. The molecular formula is C15H30N2. The van der Waals surface area contributed by atoms with Crippen molar-refractivity contribution in [2.75, 3.05) is 26.2 Å². The molecule has 2 heteroatoms. The molecule has 2 fully saturated rings. The van der Waals surface area contributed by atoms with Crippen molar-refractivity contribution in [3.8, 4) is 0 Å². The van der Waals surface area contributed by atoms with Gasteiger partial charge >= 0.3 is 0 Å². The molecule has 0 bridgehead atoms. The molecule has 0 radical (unpaired) electrons. The molecule has 0 aromatic heterocycles. The number of rotatable bonds is 5. The minimum absolute atomic E-state index is 0.771. The molecule has 0 spiro atoms. The zero-order valence-electron chi connectivity index (χ0n) is 11.6. The fourth-order valence-electron chi connectivity index (χ4n) is 3.48. The van der Waals surface area contributed by atoms with Gasteiger partial charge in [-0.05, 0) is 44.8 Å². The number of nitrogens with zero attached hydrogens (tertiary/aromatic N) is 1. The number of hydrogen-bond donors (Lipinski definition) is 1. The largest absolute Gasteiger partial charge is 0.313 e. The summed E-state index contributed by atoms with van der Waals surface area (Å²) in [5.41, 5.74) is 0. The molecular weight excluding hydrogens is 208 g/mol. The molecule has 1 saturated carbocycles. The van der Waals surface area contributed by atoms with Crippen molar-refractivity contribution in [1.82, 2.24) is 10.2 Å². The molecule has 1 unspecified atom stereocenters. The van der Waals surface area contributed by atoms with Crippen LogP contribution in [0.3, 0.4) is 0 Å². The Morgan fingerprint density at radius 2 is 1.88 bits per heavy atom. The first kappa shape index (κ1) is 13.4. The van der Waals surface area contributed by atoms with E-state index < -0.39 is 0 Å². The molecule has 1 heterocycles. The molecule has 2 rings (SSSR count). The van der Waals surface area contributed by atoms with Crippen LogP contribution < -0.4 is 5.32 Å². The molecule has 1 N–H and O–H groups in total. The van der Waals surface area contributed by atoms with Crippen LogP contribution in [0.25, 0.3) is 0 Å². The quantitative estimate of drug-likeness (QED) is 0.792. The van der Waals surface area contributed by atoms with Crippen molar-refractivity contribution >= 4 is 0 Å². The Balaban J connectivity index is 1.57. The average Bonchev–Trinajstić information content (AvgIpc) is 2.40. The average molecular weight is 238 g/mol. The van der Waals surface area contributed by atoms with Crippen LogP contribution in [-0.2, 0) is 0 Å². The Morgan fingerprint density at radius 1 is 1.06 bits per heavy atom. The smallest absolute Gasteiger partial charge is 0.0195 e. The van der Waals surface area contributed by atoms with Gasteiger partial charge in [-0.15, -0.1) is 0 Å². The Labute approximate surface area is 107 Å². The van der Waals surface area contributed by atoms with Crippen molar-refractivity contribution in [3.05, 3.63) is 0 Å². The van der Waals surface area contributed by atoms with Crippen molar-refractivity contribution in [3.63, 3.8) is 0 Å². The number of likely N-dealkylation sites (tertiary alicyclic amines) is 1. The Morgan fingerprint density at radius 3 is 2.65 bits per heavy atom. The van der Waals surface area contributed by atoms with Crippen molar-refractivity contribution in [1.29, 1.82) is 0 Å². The maximum absolute atomic E-state index is 3.79. The molecule has 0 aromatic rings. The number of nitrogens with one attached hydrogen (secondary N) is 1. The topological polar surface area (TPSA) is 15.3 Å². The van der Waals surface area contributed by atoms with Gasteiger partial charge in [0.05, 0.1) is 0 Å². The fraction of sp³-hybridized carbons (Fsp3) is 1.00. The van der Waals surface area contributed by atoms with Gasteiger partial charge < -0.3 is 10.2 Å². The lowest BCUT2D eigenvalue weighted by Crippen LogP contribution is -2.45. The summed E-state index contributed by atoms with van der Waals surface area (Å²) in [6, 6.07) is 0.771. The zero-order valence-corrected chi connectivity index (χ0v) is 11.6. The molecule has 0 amide bonds. The number of piperidine rings is 1. The lowest BCUT2D eigenvalue weighted by Gasteiger charge is -2.33. The van der Waals surface area contributed by atoms with E-state index in [0.717, 1.165) is 12.0 Å². The van der Waals surface area contributed by atoms with Crippen molar-refractivity contribution in [2.45, 2.75) is 64.3 Å². The van der Waals surface area contributed by atoms with Gasteiger partial charge in [-0.25, -0.2) is 0 Å². The van der Waals surface area contributed by atoms with Crippen LogP contribution in [0.2, 0.25) is 0 Å². The van der Waals surface area contributed by atoms with Gasteiger partial charge in [0.1, 0.15) is 0 Å². The lowest BCUT2D eigenvalue weighted by molar-refractivity contribution is 0.196. The Hall–Kier alpha value is -0.0800. The monoisotopic (exact) mass is 238 g/mol. The molecule has 2 aliphatic rings. The number of hydrogen-bond acceptors (Lipinski definition) is 2. The molecule has 1 aliphatic heterocycles. The number of likely N-dealkylation sites (N-methyl/N-ethyl adjacent to an activating group) is 1. The molecule has 1 saturated heterocycles. The summed E-state index contributed by atoms with van der Waals surface area (Å²) in [5, 5.41) is 3.79. The van der Waals surface area contributed by atoms with Gasteiger partial charge in [0.25, 0.3) is 0 Å². The SMILES string of the molecule is CCN1CCCC(NCCC2CCCCC2)C1. The zero-order chi connectivity index (χ0) is 11.9. The Bertz CT molecular complexity index is 199. The van der Waals surface area contributed by atoms with Crippen LogP contribution in [0.4, 0.5) is 0 Å². The first-order valence-electron chi connectivity index (χ1n) is 7.84. The van der Waals surface area contributed by atoms with Crippen LogP contribution in [0, 0.1) is 5.92 Å². The second kappa shape index (κ2) is 7.38. The maximum atomic E-state index is 3.79. The van der Waals surface area contributed by atoms with Gasteiger partial charge in [0, 0.05) is 12.6 Å². The molecule has 17 heavy (non-hydrogen) atoms. The second-order valence-corrected chi connectivity index (χ2v) is 5.98. The van der Waals surface area contributed by atoms with E-state index in [2.05, 4.69) is 17.1 Å². The lowest BCUT2D eigenvalue weighted by atomic mass is 9.87. The summed E-state index contributed by atoms with van der Waals surface area (Å²) >= 11 is 0. The van der Waals surface area contributed by atoms with Crippen LogP contribution in [0.5, 0.6) is 0 Å². The molecule has 2 nitrogen and oxygen atoms in total. The van der Waals surface area contributed by atoms with Gasteiger partial charge in [-0.2, -0.15) is 0 Å². The van der Waals surface area contributed by atoms with Gasteiger partial charge in [-0.1, -0.05) is 39.0 Å². The first-order valence-corrected chi connectivity index (χ1v) is 7.84. The fourth-order valence-corrected chi connectivity index (χ4v) is 3.48. The highest BCUT2D eigenvalue weighted by molar-refractivity contribution is 4.78. The summed E-state index contributed by atoms with van der Waals surface area (Å²) in [5.74, 6) is 1.03. The highest BCUT2D eigenvalue weighted by Crippen LogP contribution is 2.25. The second-order valence-electron chi connectivity index (χ2n) is 5.98. The standard InChI is InChI=1S/C15H30N2/c1-2-17-12-6-9-15(13-17)16-11-10-14-7-4-3-5-8-14/h14-16H,2-13H2,1H3. The van der Waals surface area contributed by atoms with E-state index in [-0.39, 0.29) is 0 Å². The highest BCUT2D eigenvalue weighted by atomic mass is 15.2. The third kappa shape index (κ3) is 4.59. The summed E-state index contributed by atoms with van der Waals surface area (Å²) in [4.78, 5) is 2.59. The first-order chi connectivity index (χ1) is 8.38. The van der Waals surface area contributed by atoms with Crippen LogP contribution in [-0.4, -0.2) is 37.1 Å². The van der Waals surface area contributed by atoms with Crippen LogP contribution in [0.15, 0.2) is 0 Å². The van der Waals surface area contributed by atoms with E-state index in [1.54, 1.807) is 0 Å². The summed E-state index contributed by atoms with van der Waals surface area (Å²) in [6.07, 6.45) is 11.6. The van der Waals surface area contributed by atoms with Crippen LogP contribution >= 0.6 is 0 Å². The summed E-state index contributed by atoms with van der Waals surface area (Å²) < 4.78 is 0. The minimum Gasteiger partial charge on any atom is -0.313 e. The van der Waals surface area contributed by atoms with E-state index in [9.17, 15) is 0 Å². The van der Waals surface area contributed by atoms with Gasteiger partial charge in [0.15, 0.2) is 0 Å². The van der Waals surface area contributed by atoms with E-state index in [4.69, 9.17) is 0 Å². The molecule has 0 aromatic carbocycles. The van der Waals surface area contributed by atoms with Crippen molar-refractivity contribution in [2.24, 2.45) is 5.92 Å². The summed E-state index contributed by atoms with van der Waals surface area (Å²) in [6.45, 7) is 7.36. The summed E-state index contributed by atoms with van der Waals surface area (Å²) in [7, 11) is 0. The third-order valence-corrected chi connectivity index (χ3v) is 4.66. The van der Waals surface area contributed by atoms with E-state index in [1.807, 2.05) is 0 Å². The minimum atomic E-state index is 0.771. The third-order valence-electron chi connectivity index (χ3n) is 4.66. The van der Waals surface area contributed by atoms with E-state index in [1.165, 1.54) is 77.5 Å². The molecule has 1 aliphatic carbocycles. The van der Waals surface area contributed by atoms with Gasteiger partial charge in [-0.3, -0.25) is 0 Å².